The first-order chi connectivity index (χ1) is 6.09. The maximum atomic E-state index is 9.04. The molecule has 2 atom stereocenters. The van der Waals surface area contributed by atoms with Crippen molar-refractivity contribution in [2.45, 2.75) is 50.8 Å². The summed E-state index contributed by atoms with van der Waals surface area (Å²) in [5.41, 5.74) is -0.420. The Labute approximate surface area is 80.1 Å². The molecule has 1 aliphatic carbocycles. The highest BCUT2D eigenvalue weighted by Gasteiger charge is 2.33. The predicted molar refractivity (Wildman–Crippen MR) is 51.3 cm³/mol. The lowest BCUT2D eigenvalue weighted by atomic mass is 9.96. The topological polar surface area (TPSA) is 45.0 Å². The molecule has 3 heteroatoms. The van der Waals surface area contributed by atoms with Crippen LogP contribution in [0.3, 0.4) is 0 Å². The first-order valence-electron chi connectivity index (χ1n) is 4.81. The maximum absolute atomic E-state index is 9.04. The minimum atomic E-state index is -0.420. The van der Waals surface area contributed by atoms with Gasteiger partial charge in [-0.15, -0.1) is 0 Å². The highest BCUT2D eigenvalue weighted by molar-refractivity contribution is 5.07. The normalized spacial score (nSPS) is 23.2. The van der Waals surface area contributed by atoms with E-state index in [1.54, 1.807) is 7.11 Å². The van der Waals surface area contributed by atoms with Gasteiger partial charge in [0.25, 0.3) is 0 Å². The number of rotatable bonds is 5. The lowest BCUT2D eigenvalue weighted by molar-refractivity contribution is 0.0927. The predicted octanol–water partition coefficient (Wildman–Crippen LogP) is 1.45. The van der Waals surface area contributed by atoms with Crippen LogP contribution < -0.4 is 5.32 Å². The van der Waals surface area contributed by atoms with Crippen molar-refractivity contribution in [1.82, 2.24) is 5.32 Å². The Bertz CT molecular complexity index is 207. The van der Waals surface area contributed by atoms with Crippen LogP contribution in [0.25, 0.3) is 0 Å². The Morgan fingerprint density at radius 1 is 1.69 bits per heavy atom. The molecule has 0 aromatic heterocycles. The second kappa shape index (κ2) is 4.08. The number of hydrogen-bond acceptors (Lipinski definition) is 3. The number of methoxy groups -OCH3 is 1. The fourth-order valence-corrected chi connectivity index (χ4v) is 1.47. The summed E-state index contributed by atoms with van der Waals surface area (Å²) in [6.45, 7) is 3.94. The van der Waals surface area contributed by atoms with Gasteiger partial charge in [0, 0.05) is 19.6 Å². The number of ether oxygens (including phenoxy) is 1. The van der Waals surface area contributed by atoms with E-state index in [-0.39, 0.29) is 6.10 Å². The molecule has 3 nitrogen and oxygen atoms in total. The summed E-state index contributed by atoms with van der Waals surface area (Å²) in [4.78, 5) is 0. The van der Waals surface area contributed by atoms with E-state index in [2.05, 4.69) is 11.4 Å². The minimum absolute atomic E-state index is 0.135. The standard InChI is InChI=1S/C10H18N2O/c1-8(13-3)6-10(2,7-11)12-9-4-5-9/h8-9,12H,4-6H2,1-3H3. The Morgan fingerprint density at radius 2 is 2.31 bits per heavy atom. The molecular weight excluding hydrogens is 164 g/mol. The molecule has 13 heavy (non-hydrogen) atoms. The van der Waals surface area contributed by atoms with E-state index in [0.29, 0.717) is 6.04 Å². The zero-order valence-electron chi connectivity index (χ0n) is 8.63. The molecule has 1 N–H and O–H groups in total. The summed E-state index contributed by atoms with van der Waals surface area (Å²) in [6, 6.07) is 2.89. The zero-order chi connectivity index (χ0) is 9.90. The smallest absolute Gasteiger partial charge is 0.106 e. The van der Waals surface area contributed by atoms with Crippen molar-refractivity contribution in [2.75, 3.05) is 7.11 Å². The van der Waals surface area contributed by atoms with Crippen LogP contribution in [0.2, 0.25) is 0 Å². The fraction of sp³-hybridized carbons (Fsp3) is 0.900. The SMILES string of the molecule is COC(C)CC(C)(C#N)NC1CC1. The van der Waals surface area contributed by atoms with Crippen LogP contribution in [0.1, 0.15) is 33.1 Å². The van der Waals surface area contributed by atoms with Gasteiger partial charge in [0.15, 0.2) is 0 Å². The first kappa shape index (κ1) is 10.5. The van der Waals surface area contributed by atoms with E-state index >= 15 is 0 Å². The first-order valence-corrected chi connectivity index (χ1v) is 4.81. The van der Waals surface area contributed by atoms with E-state index in [9.17, 15) is 0 Å². The molecule has 2 unspecified atom stereocenters. The van der Waals surface area contributed by atoms with Crippen molar-refractivity contribution in [2.24, 2.45) is 0 Å². The lowest BCUT2D eigenvalue weighted by Crippen LogP contribution is -2.44. The Kier molecular flexibility index (Phi) is 3.29. The molecule has 74 valence electrons. The van der Waals surface area contributed by atoms with Gasteiger partial charge in [0.05, 0.1) is 12.2 Å². The minimum Gasteiger partial charge on any atom is -0.382 e. The van der Waals surface area contributed by atoms with E-state index in [0.717, 1.165) is 6.42 Å². The van der Waals surface area contributed by atoms with Gasteiger partial charge in [-0.2, -0.15) is 5.26 Å². The molecule has 0 heterocycles. The Morgan fingerprint density at radius 3 is 2.69 bits per heavy atom. The molecule has 0 bridgehead atoms. The van der Waals surface area contributed by atoms with Crippen molar-refractivity contribution in [3.05, 3.63) is 0 Å². The van der Waals surface area contributed by atoms with Gasteiger partial charge in [-0.25, -0.2) is 0 Å². The second-order valence-corrected chi connectivity index (χ2v) is 4.11. The number of hydrogen-bond donors (Lipinski definition) is 1. The summed E-state index contributed by atoms with van der Waals surface area (Å²) in [7, 11) is 1.68. The highest BCUT2D eigenvalue weighted by atomic mass is 16.5. The van der Waals surface area contributed by atoms with Gasteiger partial charge in [-0.3, -0.25) is 5.32 Å². The van der Waals surface area contributed by atoms with Gasteiger partial charge in [-0.05, 0) is 26.7 Å². The maximum Gasteiger partial charge on any atom is 0.106 e. The summed E-state index contributed by atoms with van der Waals surface area (Å²) in [5, 5.41) is 12.4. The van der Waals surface area contributed by atoms with Crippen LogP contribution in [0.4, 0.5) is 0 Å². The summed E-state index contributed by atoms with van der Waals surface area (Å²) >= 11 is 0. The van der Waals surface area contributed by atoms with Gasteiger partial charge in [-0.1, -0.05) is 0 Å². The molecule has 0 spiro atoms. The second-order valence-electron chi connectivity index (χ2n) is 4.11. The van der Waals surface area contributed by atoms with E-state index in [4.69, 9.17) is 10.00 Å². The highest BCUT2D eigenvalue weighted by Crippen LogP contribution is 2.24. The molecule has 0 saturated heterocycles. The molecule has 1 saturated carbocycles. The molecule has 0 amide bonds. The fourth-order valence-electron chi connectivity index (χ4n) is 1.47. The van der Waals surface area contributed by atoms with Crippen molar-refractivity contribution < 1.29 is 4.74 Å². The zero-order valence-corrected chi connectivity index (χ0v) is 8.63. The number of nitriles is 1. The lowest BCUT2D eigenvalue weighted by Gasteiger charge is -2.25. The van der Waals surface area contributed by atoms with Crippen LogP contribution >= 0.6 is 0 Å². The third-order valence-electron chi connectivity index (χ3n) is 2.44. The van der Waals surface area contributed by atoms with Crippen molar-refractivity contribution >= 4 is 0 Å². The van der Waals surface area contributed by atoms with Crippen LogP contribution in [0.15, 0.2) is 0 Å². The largest absolute Gasteiger partial charge is 0.382 e. The summed E-state index contributed by atoms with van der Waals surface area (Å²) in [6.07, 6.45) is 3.30. The molecule has 0 aromatic carbocycles. The van der Waals surface area contributed by atoms with E-state index in [1.165, 1.54) is 12.8 Å². The van der Waals surface area contributed by atoms with Gasteiger partial charge >= 0.3 is 0 Å². The Hall–Kier alpha value is -0.590. The van der Waals surface area contributed by atoms with Crippen LogP contribution in [0, 0.1) is 11.3 Å². The Balaban J connectivity index is 2.42. The third kappa shape index (κ3) is 3.33. The van der Waals surface area contributed by atoms with Crippen LogP contribution in [-0.2, 0) is 4.74 Å². The summed E-state index contributed by atoms with van der Waals surface area (Å²) < 4.78 is 5.16. The monoisotopic (exact) mass is 182 g/mol. The average Bonchev–Trinajstić information content (AvgIpc) is 2.88. The molecule has 0 aliphatic heterocycles. The average molecular weight is 182 g/mol. The van der Waals surface area contributed by atoms with Crippen LogP contribution in [-0.4, -0.2) is 24.8 Å². The molecule has 1 aliphatic rings. The number of nitrogens with zero attached hydrogens (tertiary/aromatic N) is 1. The molecule has 1 fully saturated rings. The third-order valence-corrected chi connectivity index (χ3v) is 2.44. The molecule has 0 aromatic rings. The van der Waals surface area contributed by atoms with Crippen molar-refractivity contribution in [3.63, 3.8) is 0 Å². The quantitative estimate of drug-likeness (QED) is 0.700. The molecule has 0 radical (unpaired) electrons. The van der Waals surface area contributed by atoms with Gasteiger partial charge < -0.3 is 4.74 Å². The van der Waals surface area contributed by atoms with Crippen LogP contribution in [0.5, 0.6) is 0 Å². The molecular formula is C10H18N2O. The van der Waals surface area contributed by atoms with Gasteiger partial charge in [0.1, 0.15) is 5.54 Å². The van der Waals surface area contributed by atoms with E-state index < -0.39 is 5.54 Å². The molecule has 1 rings (SSSR count). The van der Waals surface area contributed by atoms with Crippen molar-refractivity contribution in [3.8, 4) is 6.07 Å². The van der Waals surface area contributed by atoms with Crippen molar-refractivity contribution in [1.29, 1.82) is 5.26 Å². The van der Waals surface area contributed by atoms with Gasteiger partial charge in [0.2, 0.25) is 0 Å². The summed E-state index contributed by atoms with van der Waals surface area (Å²) in [5.74, 6) is 0. The number of nitrogens with one attached hydrogen (secondary N) is 1. The van der Waals surface area contributed by atoms with E-state index in [1.807, 2.05) is 13.8 Å².